The zero-order valence-corrected chi connectivity index (χ0v) is 10.00. The Hall–Kier alpha value is -2.55. The monoisotopic (exact) mass is 243 g/mol. The normalized spacial score (nSPS) is 10.0. The lowest BCUT2D eigenvalue weighted by Gasteiger charge is -2.08. The fraction of sp³-hybridized carbons (Fsp3) is 0.250. The summed E-state index contributed by atoms with van der Waals surface area (Å²) in [5.41, 5.74) is 6.53. The summed E-state index contributed by atoms with van der Waals surface area (Å²) in [6.45, 7) is 2.75. The third-order valence-corrected chi connectivity index (χ3v) is 2.36. The van der Waals surface area contributed by atoms with Gasteiger partial charge in [0.15, 0.2) is 0 Å². The molecule has 1 aromatic heterocycles. The van der Waals surface area contributed by atoms with Crippen molar-refractivity contribution in [3.05, 3.63) is 30.0 Å². The van der Waals surface area contributed by atoms with Gasteiger partial charge in [-0.25, -0.2) is 4.68 Å². The first kappa shape index (κ1) is 11.9. The molecule has 18 heavy (non-hydrogen) atoms. The number of nitrogen functional groups attached to an aromatic ring is 1. The minimum absolute atomic E-state index is 0.388. The lowest BCUT2D eigenvalue weighted by atomic mass is 10.2. The molecule has 1 aromatic carbocycles. The summed E-state index contributed by atoms with van der Waals surface area (Å²) in [4.78, 5) is 0. The van der Waals surface area contributed by atoms with Gasteiger partial charge in [0.25, 0.3) is 0 Å². The molecule has 0 bridgehead atoms. The highest BCUT2D eigenvalue weighted by Crippen LogP contribution is 2.26. The quantitative estimate of drug-likeness (QED) is 0.828. The van der Waals surface area contributed by atoms with E-state index in [2.05, 4.69) is 10.3 Å². The Morgan fingerprint density at radius 3 is 3.06 bits per heavy atom. The van der Waals surface area contributed by atoms with Crippen LogP contribution in [0.15, 0.2) is 24.4 Å². The van der Waals surface area contributed by atoms with Gasteiger partial charge in [-0.05, 0) is 24.6 Å². The lowest BCUT2D eigenvalue weighted by Crippen LogP contribution is -2.02. The predicted molar refractivity (Wildman–Crippen MR) is 66.0 cm³/mol. The van der Waals surface area contributed by atoms with Crippen molar-refractivity contribution in [2.75, 3.05) is 5.73 Å². The third-order valence-electron chi connectivity index (χ3n) is 2.36. The Morgan fingerprint density at radius 2 is 2.33 bits per heavy atom. The molecule has 0 saturated carbocycles. The summed E-state index contributed by atoms with van der Waals surface area (Å²) in [5.74, 6) is 0.962. The Bertz CT molecular complexity index is 584. The smallest absolute Gasteiger partial charge is 0.238 e. The molecule has 1 heterocycles. The molecule has 0 spiro atoms. The van der Waals surface area contributed by atoms with Crippen molar-refractivity contribution in [2.45, 2.75) is 19.9 Å². The van der Waals surface area contributed by atoms with Crippen LogP contribution in [0.25, 0.3) is 0 Å². The van der Waals surface area contributed by atoms with Crippen molar-refractivity contribution < 1.29 is 4.74 Å². The third kappa shape index (κ3) is 2.40. The first-order valence-corrected chi connectivity index (χ1v) is 5.60. The average Bonchev–Trinajstić information content (AvgIpc) is 2.79. The van der Waals surface area contributed by atoms with Crippen molar-refractivity contribution in [1.82, 2.24) is 15.0 Å². The molecule has 6 heteroatoms. The number of nitriles is 1. The van der Waals surface area contributed by atoms with Crippen molar-refractivity contribution >= 4 is 5.69 Å². The fourth-order valence-corrected chi connectivity index (χ4v) is 1.53. The number of hydrogen-bond donors (Lipinski definition) is 1. The summed E-state index contributed by atoms with van der Waals surface area (Å²) in [7, 11) is 0. The number of aromatic nitrogens is 3. The number of rotatable bonds is 4. The number of nitrogens with zero attached hydrogens (tertiary/aromatic N) is 4. The van der Waals surface area contributed by atoms with Crippen LogP contribution < -0.4 is 10.5 Å². The number of ether oxygens (including phenoxy) is 1. The van der Waals surface area contributed by atoms with E-state index >= 15 is 0 Å². The minimum Gasteiger partial charge on any atom is -0.436 e. The first-order chi connectivity index (χ1) is 8.74. The highest BCUT2D eigenvalue weighted by atomic mass is 16.5. The highest BCUT2D eigenvalue weighted by Gasteiger charge is 2.09. The molecule has 6 nitrogen and oxygen atoms in total. The largest absolute Gasteiger partial charge is 0.436 e. The topological polar surface area (TPSA) is 89.8 Å². The number of anilines is 1. The van der Waals surface area contributed by atoms with Gasteiger partial charge >= 0.3 is 0 Å². The van der Waals surface area contributed by atoms with Crippen molar-refractivity contribution in [3.8, 4) is 17.7 Å². The van der Waals surface area contributed by atoms with Gasteiger partial charge in [0, 0.05) is 12.2 Å². The molecule has 0 atom stereocenters. The minimum atomic E-state index is 0.388. The van der Waals surface area contributed by atoms with Crippen LogP contribution in [0.4, 0.5) is 5.69 Å². The van der Waals surface area contributed by atoms with E-state index < -0.39 is 0 Å². The van der Waals surface area contributed by atoms with E-state index in [1.54, 1.807) is 22.9 Å². The molecule has 0 fully saturated rings. The lowest BCUT2D eigenvalue weighted by molar-refractivity contribution is 0.406. The molecule has 0 unspecified atom stereocenters. The molecular formula is C12H13N5O. The number of hydrogen-bond acceptors (Lipinski definition) is 5. The van der Waals surface area contributed by atoms with Gasteiger partial charge in [-0.15, -0.1) is 5.10 Å². The van der Waals surface area contributed by atoms with Gasteiger partial charge in [-0.3, -0.25) is 0 Å². The van der Waals surface area contributed by atoms with Crippen molar-refractivity contribution in [3.63, 3.8) is 0 Å². The molecule has 2 rings (SSSR count). The van der Waals surface area contributed by atoms with Crippen LogP contribution in [0.3, 0.4) is 0 Å². The van der Waals surface area contributed by atoms with E-state index in [1.807, 2.05) is 13.0 Å². The van der Waals surface area contributed by atoms with Crippen molar-refractivity contribution in [1.29, 1.82) is 5.26 Å². The van der Waals surface area contributed by atoms with E-state index in [1.165, 1.54) is 6.20 Å². The second-order valence-corrected chi connectivity index (χ2v) is 3.76. The summed E-state index contributed by atoms with van der Waals surface area (Å²) in [6, 6.07) is 6.97. The molecule has 0 radical (unpaired) electrons. The molecule has 0 aliphatic rings. The van der Waals surface area contributed by atoms with E-state index in [0.717, 1.165) is 6.42 Å². The zero-order chi connectivity index (χ0) is 13.0. The highest BCUT2D eigenvalue weighted by molar-refractivity contribution is 5.53. The Balaban J connectivity index is 2.29. The fourth-order valence-electron chi connectivity index (χ4n) is 1.53. The van der Waals surface area contributed by atoms with Crippen LogP contribution in [0.2, 0.25) is 0 Å². The summed E-state index contributed by atoms with van der Waals surface area (Å²) in [5, 5.41) is 16.7. The molecule has 0 aliphatic carbocycles. The SMILES string of the molecule is CCCn1nncc1Oc1ccc(N)cc1C#N. The number of nitrogens with two attached hydrogens (primary N) is 1. The second-order valence-electron chi connectivity index (χ2n) is 3.76. The summed E-state index contributed by atoms with van der Waals surface area (Å²) < 4.78 is 7.29. The number of benzene rings is 1. The maximum Gasteiger partial charge on any atom is 0.238 e. The number of aryl methyl sites for hydroxylation is 1. The molecule has 92 valence electrons. The molecule has 2 aromatic rings. The Morgan fingerprint density at radius 1 is 1.50 bits per heavy atom. The Labute approximate surface area is 105 Å². The maximum absolute atomic E-state index is 9.02. The zero-order valence-electron chi connectivity index (χ0n) is 10.00. The summed E-state index contributed by atoms with van der Waals surface area (Å²) >= 11 is 0. The molecule has 2 N–H and O–H groups in total. The van der Waals surface area contributed by atoms with Crippen LogP contribution in [0.5, 0.6) is 11.6 Å². The predicted octanol–water partition coefficient (Wildman–Crippen LogP) is 1.93. The molecular weight excluding hydrogens is 230 g/mol. The van der Waals surface area contributed by atoms with E-state index in [0.29, 0.717) is 29.4 Å². The van der Waals surface area contributed by atoms with Crippen LogP contribution in [0.1, 0.15) is 18.9 Å². The van der Waals surface area contributed by atoms with Crippen LogP contribution in [0, 0.1) is 11.3 Å². The van der Waals surface area contributed by atoms with Gasteiger partial charge in [-0.2, -0.15) is 5.26 Å². The molecule has 0 amide bonds. The van der Waals surface area contributed by atoms with Gasteiger partial charge in [-0.1, -0.05) is 12.1 Å². The standard InChI is InChI=1S/C12H13N5O/c1-2-5-17-12(8-15-16-17)18-11-4-3-10(14)6-9(11)7-13/h3-4,6,8H,2,5,14H2,1H3. The second kappa shape index (κ2) is 5.19. The molecule has 0 aliphatic heterocycles. The van der Waals surface area contributed by atoms with Crippen LogP contribution >= 0.6 is 0 Å². The van der Waals surface area contributed by atoms with Gasteiger partial charge in [0.05, 0.1) is 5.56 Å². The van der Waals surface area contributed by atoms with Crippen molar-refractivity contribution in [2.24, 2.45) is 0 Å². The van der Waals surface area contributed by atoms with Gasteiger partial charge in [0.1, 0.15) is 18.0 Å². The Kier molecular flexibility index (Phi) is 3.44. The van der Waals surface area contributed by atoms with Gasteiger partial charge in [0.2, 0.25) is 5.88 Å². The maximum atomic E-state index is 9.02. The van der Waals surface area contributed by atoms with E-state index in [4.69, 9.17) is 15.7 Å². The van der Waals surface area contributed by atoms with E-state index in [9.17, 15) is 0 Å². The van der Waals surface area contributed by atoms with E-state index in [-0.39, 0.29) is 0 Å². The van der Waals surface area contributed by atoms with Crippen LogP contribution in [-0.2, 0) is 6.54 Å². The summed E-state index contributed by atoms with van der Waals surface area (Å²) in [6.07, 6.45) is 2.44. The van der Waals surface area contributed by atoms with Gasteiger partial charge < -0.3 is 10.5 Å². The molecule has 0 saturated heterocycles. The van der Waals surface area contributed by atoms with Crippen LogP contribution in [-0.4, -0.2) is 15.0 Å². The first-order valence-electron chi connectivity index (χ1n) is 5.60. The average molecular weight is 243 g/mol.